The molecular formula is C14H19N3O2. The summed E-state index contributed by atoms with van der Waals surface area (Å²) in [6.07, 6.45) is 2.65. The third-order valence-corrected chi connectivity index (χ3v) is 2.79. The molecule has 0 saturated heterocycles. The van der Waals surface area contributed by atoms with Crippen LogP contribution in [0.2, 0.25) is 0 Å². The highest BCUT2D eigenvalue weighted by molar-refractivity contribution is 5.08. The molecule has 0 aliphatic carbocycles. The summed E-state index contributed by atoms with van der Waals surface area (Å²) in [5, 5.41) is 3.27. The van der Waals surface area contributed by atoms with Gasteiger partial charge in [-0.15, -0.1) is 0 Å². The Balaban J connectivity index is 2.01. The third kappa shape index (κ3) is 3.79. The van der Waals surface area contributed by atoms with Gasteiger partial charge in [-0.25, -0.2) is 4.98 Å². The number of hydrogen-bond donors (Lipinski definition) is 1. The Labute approximate surface area is 112 Å². The number of nitrogens with one attached hydrogen (secondary N) is 1. The monoisotopic (exact) mass is 261 g/mol. The Kier molecular flexibility index (Phi) is 4.52. The lowest BCUT2D eigenvalue weighted by molar-refractivity contribution is 0.435. The van der Waals surface area contributed by atoms with Gasteiger partial charge < -0.3 is 9.73 Å². The zero-order valence-electron chi connectivity index (χ0n) is 11.3. The van der Waals surface area contributed by atoms with Crippen molar-refractivity contribution < 1.29 is 4.42 Å². The predicted octanol–water partition coefficient (Wildman–Crippen LogP) is 1.69. The van der Waals surface area contributed by atoms with Crippen LogP contribution in [0, 0.1) is 6.92 Å². The molecule has 0 aliphatic rings. The van der Waals surface area contributed by atoms with E-state index in [9.17, 15) is 4.79 Å². The smallest absolute Gasteiger partial charge is 0.253 e. The Morgan fingerprint density at radius 1 is 1.37 bits per heavy atom. The van der Waals surface area contributed by atoms with Gasteiger partial charge in [0.15, 0.2) is 0 Å². The van der Waals surface area contributed by atoms with E-state index in [0.29, 0.717) is 6.54 Å². The van der Waals surface area contributed by atoms with Crippen molar-refractivity contribution in [2.45, 2.75) is 33.4 Å². The number of rotatable bonds is 6. The van der Waals surface area contributed by atoms with Crippen molar-refractivity contribution in [1.29, 1.82) is 0 Å². The maximum absolute atomic E-state index is 11.7. The molecule has 0 aliphatic heterocycles. The molecule has 0 unspecified atom stereocenters. The molecule has 0 spiro atoms. The highest BCUT2D eigenvalue weighted by Crippen LogP contribution is 2.08. The SMILES string of the molecule is CCCNCc1ccc(Cn2cnc(C)cc2=O)o1. The van der Waals surface area contributed by atoms with Gasteiger partial charge in [-0.1, -0.05) is 6.92 Å². The van der Waals surface area contributed by atoms with Gasteiger partial charge in [-0.2, -0.15) is 0 Å². The molecule has 2 rings (SSSR count). The first-order valence-corrected chi connectivity index (χ1v) is 6.50. The molecule has 0 amide bonds. The summed E-state index contributed by atoms with van der Waals surface area (Å²) in [5.41, 5.74) is 0.666. The molecule has 19 heavy (non-hydrogen) atoms. The maximum atomic E-state index is 11.7. The van der Waals surface area contributed by atoms with Gasteiger partial charge in [0.1, 0.15) is 11.5 Å². The molecule has 0 bridgehead atoms. The minimum Gasteiger partial charge on any atom is -0.463 e. The van der Waals surface area contributed by atoms with E-state index < -0.39 is 0 Å². The molecule has 5 heteroatoms. The summed E-state index contributed by atoms with van der Waals surface area (Å²) in [6, 6.07) is 5.35. The Morgan fingerprint density at radius 2 is 2.16 bits per heavy atom. The van der Waals surface area contributed by atoms with E-state index in [2.05, 4.69) is 17.2 Å². The van der Waals surface area contributed by atoms with Crippen LogP contribution in [0.3, 0.4) is 0 Å². The summed E-state index contributed by atoms with van der Waals surface area (Å²) < 4.78 is 7.21. The minimum absolute atomic E-state index is 0.0606. The number of furan rings is 1. The van der Waals surface area contributed by atoms with E-state index >= 15 is 0 Å². The Hall–Kier alpha value is -1.88. The molecule has 0 saturated carbocycles. The molecule has 0 fully saturated rings. The lowest BCUT2D eigenvalue weighted by Crippen LogP contribution is -2.20. The fourth-order valence-corrected chi connectivity index (χ4v) is 1.79. The quantitative estimate of drug-likeness (QED) is 0.804. The Morgan fingerprint density at radius 3 is 2.89 bits per heavy atom. The highest BCUT2D eigenvalue weighted by atomic mass is 16.3. The molecule has 1 N–H and O–H groups in total. The average Bonchev–Trinajstić information content (AvgIpc) is 2.81. The van der Waals surface area contributed by atoms with E-state index in [1.54, 1.807) is 13.3 Å². The minimum atomic E-state index is -0.0606. The van der Waals surface area contributed by atoms with Crippen LogP contribution in [0.5, 0.6) is 0 Å². The molecule has 0 radical (unpaired) electrons. The van der Waals surface area contributed by atoms with Crippen LogP contribution in [-0.2, 0) is 13.1 Å². The topological polar surface area (TPSA) is 60.1 Å². The first-order chi connectivity index (χ1) is 9.19. The van der Waals surface area contributed by atoms with Gasteiger partial charge >= 0.3 is 0 Å². The molecule has 2 aromatic heterocycles. The van der Waals surface area contributed by atoms with Crippen molar-refractivity contribution in [2.24, 2.45) is 0 Å². The van der Waals surface area contributed by atoms with Crippen LogP contribution in [0.15, 0.2) is 33.7 Å². The number of aryl methyl sites for hydroxylation is 1. The first-order valence-electron chi connectivity index (χ1n) is 6.50. The number of aromatic nitrogens is 2. The van der Waals surface area contributed by atoms with E-state index in [1.165, 1.54) is 10.6 Å². The van der Waals surface area contributed by atoms with E-state index in [0.717, 1.165) is 36.7 Å². The summed E-state index contributed by atoms with van der Waals surface area (Å²) in [4.78, 5) is 15.8. The van der Waals surface area contributed by atoms with Crippen LogP contribution in [-0.4, -0.2) is 16.1 Å². The van der Waals surface area contributed by atoms with Crippen LogP contribution in [0.4, 0.5) is 0 Å². The van der Waals surface area contributed by atoms with Crippen molar-refractivity contribution in [1.82, 2.24) is 14.9 Å². The number of hydrogen-bond acceptors (Lipinski definition) is 4. The largest absolute Gasteiger partial charge is 0.463 e. The van der Waals surface area contributed by atoms with Crippen molar-refractivity contribution >= 4 is 0 Å². The number of nitrogens with zero attached hydrogens (tertiary/aromatic N) is 2. The van der Waals surface area contributed by atoms with Crippen molar-refractivity contribution in [3.05, 3.63) is 52.1 Å². The van der Waals surface area contributed by atoms with E-state index in [1.807, 2.05) is 12.1 Å². The predicted molar refractivity (Wildman–Crippen MR) is 73.0 cm³/mol. The molecule has 0 aromatic carbocycles. The summed E-state index contributed by atoms with van der Waals surface area (Å²) in [5.74, 6) is 1.65. The molecule has 0 atom stereocenters. The van der Waals surface area contributed by atoms with Crippen LogP contribution < -0.4 is 10.9 Å². The van der Waals surface area contributed by atoms with E-state index in [-0.39, 0.29) is 5.56 Å². The zero-order chi connectivity index (χ0) is 13.7. The van der Waals surface area contributed by atoms with Gasteiger partial charge in [0, 0.05) is 11.8 Å². The normalized spacial score (nSPS) is 10.8. The maximum Gasteiger partial charge on any atom is 0.253 e. The highest BCUT2D eigenvalue weighted by Gasteiger charge is 2.04. The van der Waals surface area contributed by atoms with Crippen LogP contribution in [0.25, 0.3) is 0 Å². The fourth-order valence-electron chi connectivity index (χ4n) is 1.79. The van der Waals surface area contributed by atoms with Gasteiger partial charge in [0.05, 0.1) is 19.4 Å². The molecule has 5 nitrogen and oxygen atoms in total. The summed E-state index contributed by atoms with van der Waals surface area (Å²) in [6.45, 7) is 6.03. The van der Waals surface area contributed by atoms with Gasteiger partial charge in [0.25, 0.3) is 5.56 Å². The van der Waals surface area contributed by atoms with Crippen LogP contribution >= 0.6 is 0 Å². The Bertz CT molecular complexity index is 586. The zero-order valence-corrected chi connectivity index (χ0v) is 11.3. The summed E-state index contributed by atoms with van der Waals surface area (Å²) >= 11 is 0. The lowest BCUT2D eigenvalue weighted by Gasteiger charge is -2.03. The fraction of sp³-hybridized carbons (Fsp3) is 0.429. The second-order valence-corrected chi connectivity index (χ2v) is 4.54. The average molecular weight is 261 g/mol. The van der Waals surface area contributed by atoms with Gasteiger partial charge in [-0.05, 0) is 32.0 Å². The molecule has 2 heterocycles. The van der Waals surface area contributed by atoms with E-state index in [4.69, 9.17) is 4.42 Å². The van der Waals surface area contributed by atoms with Gasteiger partial charge in [0.2, 0.25) is 0 Å². The van der Waals surface area contributed by atoms with Crippen LogP contribution in [0.1, 0.15) is 30.6 Å². The second-order valence-electron chi connectivity index (χ2n) is 4.54. The third-order valence-electron chi connectivity index (χ3n) is 2.79. The molecule has 2 aromatic rings. The first kappa shape index (κ1) is 13.5. The van der Waals surface area contributed by atoms with Gasteiger partial charge in [-0.3, -0.25) is 9.36 Å². The second kappa shape index (κ2) is 6.33. The van der Waals surface area contributed by atoms with Crippen molar-refractivity contribution in [2.75, 3.05) is 6.54 Å². The standard InChI is InChI=1S/C14H19N3O2/c1-3-6-15-8-12-4-5-13(19-12)9-17-10-16-11(2)7-14(17)18/h4-5,7,10,15H,3,6,8-9H2,1-2H3. The van der Waals surface area contributed by atoms with Crippen molar-refractivity contribution in [3.63, 3.8) is 0 Å². The summed E-state index contributed by atoms with van der Waals surface area (Å²) in [7, 11) is 0. The molecular weight excluding hydrogens is 242 g/mol. The molecule has 102 valence electrons. The van der Waals surface area contributed by atoms with Crippen molar-refractivity contribution in [3.8, 4) is 0 Å². The lowest BCUT2D eigenvalue weighted by atomic mass is 10.4.